The van der Waals surface area contributed by atoms with Crippen molar-refractivity contribution in [3.05, 3.63) is 23.9 Å². The first-order valence-electron chi connectivity index (χ1n) is 9.97. The largest absolute Gasteiger partial charge is 0.379 e. The zero-order valence-corrected chi connectivity index (χ0v) is 17.5. The molecule has 0 radical (unpaired) electrons. The Kier molecular flexibility index (Phi) is 8.81. The van der Waals surface area contributed by atoms with Gasteiger partial charge in [0, 0.05) is 52.5 Å². The lowest BCUT2D eigenvalue weighted by Gasteiger charge is -2.37. The molecule has 1 aliphatic heterocycles. The van der Waals surface area contributed by atoms with Crippen molar-refractivity contribution in [3.8, 4) is 0 Å². The van der Waals surface area contributed by atoms with Crippen LogP contribution in [0, 0.1) is 5.92 Å². The molecular formula is C20H36N6O. The highest BCUT2D eigenvalue weighted by Crippen LogP contribution is 2.13. The summed E-state index contributed by atoms with van der Waals surface area (Å²) in [5.74, 6) is 2.38. The van der Waals surface area contributed by atoms with E-state index < -0.39 is 0 Å². The Hall–Kier alpha value is -1.86. The SMILES string of the molecule is CCNC(=NCc1ccnc(N(C)C)c1)NCC(C(C)C)N1CCOCC1. The van der Waals surface area contributed by atoms with Crippen LogP contribution in [0.25, 0.3) is 0 Å². The van der Waals surface area contributed by atoms with Gasteiger partial charge in [-0.1, -0.05) is 13.8 Å². The predicted molar refractivity (Wildman–Crippen MR) is 112 cm³/mol. The minimum absolute atomic E-state index is 0.471. The van der Waals surface area contributed by atoms with Crippen LogP contribution in [0.2, 0.25) is 0 Å². The van der Waals surface area contributed by atoms with Gasteiger partial charge in [-0.25, -0.2) is 9.98 Å². The third-order valence-corrected chi connectivity index (χ3v) is 4.79. The quantitative estimate of drug-likeness (QED) is 0.530. The number of nitrogens with zero attached hydrogens (tertiary/aromatic N) is 4. The van der Waals surface area contributed by atoms with E-state index in [0.717, 1.165) is 56.7 Å². The summed E-state index contributed by atoms with van der Waals surface area (Å²) in [6, 6.07) is 4.57. The van der Waals surface area contributed by atoms with E-state index in [1.54, 1.807) is 0 Å². The lowest BCUT2D eigenvalue weighted by Crippen LogP contribution is -2.52. The summed E-state index contributed by atoms with van der Waals surface area (Å²) in [7, 11) is 4.00. The molecule has 0 bridgehead atoms. The molecule has 2 N–H and O–H groups in total. The average molecular weight is 377 g/mol. The molecule has 0 aromatic carbocycles. The fraction of sp³-hybridized carbons (Fsp3) is 0.700. The molecule has 1 atom stereocenters. The summed E-state index contributed by atoms with van der Waals surface area (Å²) in [6.07, 6.45) is 1.84. The van der Waals surface area contributed by atoms with Crippen LogP contribution in [0.3, 0.4) is 0 Å². The Labute approximate surface area is 164 Å². The number of rotatable bonds is 8. The van der Waals surface area contributed by atoms with E-state index in [4.69, 9.17) is 9.73 Å². The van der Waals surface area contributed by atoms with Crippen molar-refractivity contribution in [2.45, 2.75) is 33.4 Å². The first kappa shape index (κ1) is 21.4. The van der Waals surface area contributed by atoms with Crippen LogP contribution in [0.1, 0.15) is 26.3 Å². The number of nitrogens with one attached hydrogen (secondary N) is 2. The van der Waals surface area contributed by atoms with Gasteiger partial charge < -0.3 is 20.3 Å². The Morgan fingerprint density at radius 2 is 2.04 bits per heavy atom. The van der Waals surface area contributed by atoms with Gasteiger partial charge in [0.2, 0.25) is 0 Å². The molecule has 0 amide bonds. The van der Waals surface area contributed by atoms with Gasteiger partial charge in [-0.2, -0.15) is 0 Å². The normalized spacial score (nSPS) is 17.0. The van der Waals surface area contributed by atoms with Crippen molar-refractivity contribution < 1.29 is 4.74 Å². The first-order chi connectivity index (χ1) is 13.0. The fourth-order valence-corrected chi connectivity index (χ4v) is 3.21. The molecule has 2 rings (SSSR count). The Morgan fingerprint density at radius 1 is 1.30 bits per heavy atom. The van der Waals surface area contributed by atoms with Crippen LogP contribution < -0.4 is 15.5 Å². The van der Waals surface area contributed by atoms with E-state index in [2.05, 4.69) is 47.4 Å². The molecule has 1 aliphatic rings. The maximum absolute atomic E-state index is 5.50. The van der Waals surface area contributed by atoms with E-state index in [-0.39, 0.29) is 0 Å². The molecular weight excluding hydrogens is 340 g/mol. The van der Waals surface area contributed by atoms with Crippen LogP contribution >= 0.6 is 0 Å². The molecule has 1 unspecified atom stereocenters. The van der Waals surface area contributed by atoms with Gasteiger partial charge in [0.15, 0.2) is 5.96 Å². The van der Waals surface area contributed by atoms with Gasteiger partial charge in [0.25, 0.3) is 0 Å². The zero-order chi connectivity index (χ0) is 19.6. The van der Waals surface area contributed by atoms with Crippen molar-refractivity contribution in [2.24, 2.45) is 10.9 Å². The fourth-order valence-electron chi connectivity index (χ4n) is 3.21. The molecule has 7 nitrogen and oxygen atoms in total. The van der Waals surface area contributed by atoms with Gasteiger partial charge in [-0.05, 0) is 30.5 Å². The summed E-state index contributed by atoms with van der Waals surface area (Å²) in [5.41, 5.74) is 1.15. The third-order valence-electron chi connectivity index (χ3n) is 4.79. The second-order valence-electron chi connectivity index (χ2n) is 7.45. The number of aromatic nitrogens is 1. The standard InChI is InChI=1S/C20H36N6O/c1-6-21-20(23-14-17-7-8-22-19(13-17)25(4)5)24-15-18(16(2)3)26-9-11-27-12-10-26/h7-8,13,16,18H,6,9-12,14-15H2,1-5H3,(H2,21,23,24). The molecule has 0 saturated carbocycles. The Bertz CT molecular complexity index is 584. The van der Waals surface area contributed by atoms with E-state index in [1.807, 2.05) is 31.3 Å². The highest BCUT2D eigenvalue weighted by atomic mass is 16.5. The molecule has 0 spiro atoms. The minimum atomic E-state index is 0.471. The number of ether oxygens (including phenoxy) is 1. The maximum atomic E-state index is 5.50. The van der Waals surface area contributed by atoms with E-state index >= 15 is 0 Å². The van der Waals surface area contributed by atoms with Crippen LogP contribution in [-0.4, -0.2) is 75.4 Å². The van der Waals surface area contributed by atoms with Gasteiger partial charge in [-0.15, -0.1) is 0 Å². The number of anilines is 1. The summed E-state index contributed by atoms with van der Waals surface area (Å²) in [5, 5.41) is 6.89. The van der Waals surface area contributed by atoms with E-state index in [9.17, 15) is 0 Å². The van der Waals surface area contributed by atoms with Crippen molar-refractivity contribution in [2.75, 3.05) is 58.4 Å². The lowest BCUT2D eigenvalue weighted by molar-refractivity contribution is 0.00752. The van der Waals surface area contributed by atoms with Crippen molar-refractivity contribution in [1.82, 2.24) is 20.5 Å². The van der Waals surface area contributed by atoms with Crippen LogP contribution in [-0.2, 0) is 11.3 Å². The molecule has 27 heavy (non-hydrogen) atoms. The van der Waals surface area contributed by atoms with Crippen LogP contribution in [0.15, 0.2) is 23.3 Å². The average Bonchev–Trinajstić information content (AvgIpc) is 2.67. The molecule has 152 valence electrons. The van der Waals surface area contributed by atoms with Gasteiger partial charge in [0.05, 0.1) is 19.8 Å². The molecule has 1 saturated heterocycles. The number of hydrogen-bond donors (Lipinski definition) is 2. The minimum Gasteiger partial charge on any atom is -0.379 e. The number of hydrogen-bond acceptors (Lipinski definition) is 5. The van der Waals surface area contributed by atoms with Crippen molar-refractivity contribution in [1.29, 1.82) is 0 Å². The topological polar surface area (TPSA) is 65.0 Å². The van der Waals surface area contributed by atoms with E-state index in [0.29, 0.717) is 18.5 Å². The lowest BCUT2D eigenvalue weighted by atomic mass is 10.0. The molecule has 0 aliphatic carbocycles. The van der Waals surface area contributed by atoms with E-state index in [1.165, 1.54) is 0 Å². The summed E-state index contributed by atoms with van der Waals surface area (Å²) >= 11 is 0. The number of guanidine groups is 1. The molecule has 1 fully saturated rings. The Balaban J connectivity index is 1.98. The summed E-state index contributed by atoms with van der Waals surface area (Å²) < 4.78 is 5.50. The number of aliphatic imine (C=N–C) groups is 1. The second kappa shape index (κ2) is 11.1. The highest BCUT2D eigenvalue weighted by molar-refractivity contribution is 5.79. The molecule has 1 aromatic heterocycles. The molecule has 1 aromatic rings. The smallest absolute Gasteiger partial charge is 0.191 e. The Morgan fingerprint density at radius 3 is 2.67 bits per heavy atom. The van der Waals surface area contributed by atoms with Gasteiger partial charge in [0.1, 0.15) is 5.82 Å². The monoisotopic (exact) mass is 376 g/mol. The number of morpholine rings is 1. The van der Waals surface area contributed by atoms with Crippen LogP contribution in [0.5, 0.6) is 0 Å². The third kappa shape index (κ3) is 6.99. The van der Waals surface area contributed by atoms with Crippen LogP contribution in [0.4, 0.5) is 5.82 Å². The maximum Gasteiger partial charge on any atom is 0.191 e. The first-order valence-corrected chi connectivity index (χ1v) is 9.97. The van der Waals surface area contributed by atoms with Crippen molar-refractivity contribution >= 4 is 11.8 Å². The molecule has 7 heteroatoms. The zero-order valence-electron chi connectivity index (χ0n) is 17.5. The predicted octanol–water partition coefficient (Wildman–Crippen LogP) is 1.56. The summed E-state index contributed by atoms with van der Waals surface area (Å²) in [4.78, 5) is 13.7. The second-order valence-corrected chi connectivity index (χ2v) is 7.45. The highest BCUT2D eigenvalue weighted by Gasteiger charge is 2.23. The molecule has 2 heterocycles. The number of pyridine rings is 1. The van der Waals surface area contributed by atoms with Gasteiger partial charge in [-0.3, -0.25) is 4.90 Å². The summed E-state index contributed by atoms with van der Waals surface area (Å²) in [6.45, 7) is 12.7. The van der Waals surface area contributed by atoms with Crippen molar-refractivity contribution in [3.63, 3.8) is 0 Å². The van der Waals surface area contributed by atoms with Gasteiger partial charge >= 0.3 is 0 Å².